The summed E-state index contributed by atoms with van der Waals surface area (Å²) in [5.41, 5.74) is 6.02. The first kappa shape index (κ1) is 14.1. The summed E-state index contributed by atoms with van der Waals surface area (Å²) in [5.74, 6) is 0.280. The SMILES string of the molecule is CCC(CCN)CNS(=O)(=O)c1cn[nH]c1C. The number of aryl methyl sites for hydroxylation is 1. The van der Waals surface area contributed by atoms with E-state index in [1.807, 2.05) is 6.92 Å². The summed E-state index contributed by atoms with van der Waals surface area (Å²) in [5, 5.41) is 6.32. The molecule has 0 aliphatic carbocycles. The molecule has 1 rings (SSSR count). The van der Waals surface area contributed by atoms with E-state index < -0.39 is 10.0 Å². The van der Waals surface area contributed by atoms with E-state index in [9.17, 15) is 8.42 Å². The van der Waals surface area contributed by atoms with Crippen molar-refractivity contribution in [1.29, 1.82) is 0 Å². The monoisotopic (exact) mass is 260 g/mol. The third kappa shape index (κ3) is 3.79. The third-order valence-electron chi connectivity index (χ3n) is 2.79. The molecule has 98 valence electrons. The van der Waals surface area contributed by atoms with Crippen molar-refractivity contribution in [2.24, 2.45) is 11.7 Å². The highest BCUT2D eigenvalue weighted by atomic mass is 32.2. The first-order valence-corrected chi connectivity index (χ1v) is 7.19. The van der Waals surface area contributed by atoms with Crippen LogP contribution in [0.1, 0.15) is 25.5 Å². The van der Waals surface area contributed by atoms with E-state index in [1.54, 1.807) is 6.92 Å². The quantitative estimate of drug-likeness (QED) is 0.659. The average molecular weight is 260 g/mol. The van der Waals surface area contributed by atoms with Gasteiger partial charge < -0.3 is 5.73 Å². The molecule has 17 heavy (non-hydrogen) atoms. The van der Waals surface area contributed by atoms with Crippen LogP contribution in [0, 0.1) is 12.8 Å². The molecule has 0 bridgehead atoms. The van der Waals surface area contributed by atoms with Gasteiger partial charge in [0, 0.05) is 6.54 Å². The number of sulfonamides is 1. The predicted octanol–water partition coefficient (Wildman–Crippen LogP) is 0.371. The average Bonchev–Trinajstić information content (AvgIpc) is 2.71. The number of nitrogens with two attached hydrogens (primary N) is 1. The predicted molar refractivity (Wildman–Crippen MR) is 66.0 cm³/mol. The van der Waals surface area contributed by atoms with E-state index >= 15 is 0 Å². The lowest BCUT2D eigenvalue weighted by Gasteiger charge is -2.14. The number of aromatic amines is 1. The fraction of sp³-hybridized carbons (Fsp3) is 0.700. The summed E-state index contributed by atoms with van der Waals surface area (Å²) in [7, 11) is -3.46. The second-order valence-corrected chi connectivity index (χ2v) is 5.80. The highest BCUT2D eigenvalue weighted by Gasteiger charge is 2.19. The lowest BCUT2D eigenvalue weighted by molar-refractivity contribution is 0.466. The Bertz CT molecular complexity index is 441. The number of nitrogens with one attached hydrogen (secondary N) is 2. The van der Waals surface area contributed by atoms with Crippen molar-refractivity contribution in [3.8, 4) is 0 Å². The number of aromatic nitrogens is 2. The topological polar surface area (TPSA) is 101 Å². The normalized spacial score (nSPS) is 13.8. The van der Waals surface area contributed by atoms with Crippen LogP contribution >= 0.6 is 0 Å². The molecule has 1 aromatic rings. The van der Waals surface area contributed by atoms with Crippen LogP contribution in [-0.4, -0.2) is 31.7 Å². The molecule has 0 amide bonds. The van der Waals surface area contributed by atoms with E-state index in [-0.39, 0.29) is 10.8 Å². The molecular formula is C10H20N4O2S. The summed E-state index contributed by atoms with van der Waals surface area (Å²) < 4.78 is 26.5. The summed E-state index contributed by atoms with van der Waals surface area (Å²) in [6, 6.07) is 0. The molecule has 0 aliphatic rings. The van der Waals surface area contributed by atoms with Gasteiger partial charge in [-0.15, -0.1) is 0 Å². The van der Waals surface area contributed by atoms with Crippen molar-refractivity contribution >= 4 is 10.0 Å². The van der Waals surface area contributed by atoms with Crippen LogP contribution in [0.4, 0.5) is 0 Å². The summed E-state index contributed by atoms with van der Waals surface area (Å²) >= 11 is 0. The van der Waals surface area contributed by atoms with Crippen LogP contribution < -0.4 is 10.5 Å². The van der Waals surface area contributed by atoms with Crippen molar-refractivity contribution in [1.82, 2.24) is 14.9 Å². The Kier molecular flexibility index (Phi) is 5.10. The van der Waals surface area contributed by atoms with Crippen LogP contribution in [0.2, 0.25) is 0 Å². The molecule has 1 atom stereocenters. The van der Waals surface area contributed by atoms with Gasteiger partial charge in [0.2, 0.25) is 10.0 Å². The van der Waals surface area contributed by atoms with Crippen LogP contribution in [-0.2, 0) is 10.0 Å². The molecule has 1 unspecified atom stereocenters. The minimum atomic E-state index is -3.46. The van der Waals surface area contributed by atoms with Gasteiger partial charge in [0.1, 0.15) is 4.90 Å². The second-order valence-electron chi connectivity index (χ2n) is 4.06. The number of rotatable bonds is 7. The molecular weight excluding hydrogens is 240 g/mol. The zero-order chi connectivity index (χ0) is 12.9. The van der Waals surface area contributed by atoms with E-state index in [2.05, 4.69) is 14.9 Å². The highest BCUT2D eigenvalue weighted by molar-refractivity contribution is 7.89. The molecule has 7 heteroatoms. The Morgan fingerprint density at radius 3 is 2.76 bits per heavy atom. The second kappa shape index (κ2) is 6.13. The van der Waals surface area contributed by atoms with Gasteiger partial charge in [-0.1, -0.05) is 13.3 Å². The van der Waals surface area contributed by atoms with Crippen molar-refractivity contribution in [2.45, 2.75) is 31.6 Å². The standard InChI is InChI=1S/C10H20N4O2S/c1-3-9(4-5-11)6-13-17(15,16)10-7-12-14-8(10)2/h7,9,13H,3-6,11H2,1-2H3,(H,12,14). The number of H-pyrrole nitrogens is 1. The maximum absolute atomic E-state index is 11.9. The minimum Gasteiger partial charge on any atom is -0.330 e. The minimum absolute atomic E-state index is 0.208. The molecule has 0 aliphatic heterocycles. The van der Waals surface area contributed by atoms with Crippen LogP contribution in [0.15, 0.2) is 11.1 Å². The molecule has 4 N–H and O–H groups in total. The summed E-state index contributed by atoms with van der Waals surface area (Å²) in [4.78, 5) is 0.208. The third-order valence-corrected chi connectivity index (χ3v) is 4.32. The summed E-state index contributed by atoms with van der Waals surface area (Å²) in [6.07, 6.45) is 3.05. The van der Waals surface area contributed by atoms with Gasteiger partial charge in [-0.25, -0.2) is 13.1 Å². The highest BCUT2D eigenvalue weighted by Crippen LogP contribution is 2.12. The smallest absolute Gasteiger partial charge is 0.243 e. The molecule has 0 saturated heterocycles. The first-order chi connectivity index (χ1) is 8.01. The number of nitrogens with zero attached hydrogens (tertiary/aromatic N) is 1. The molecule has 0 aromatic carbocycles. The van der Waals surface area contributed by atoms with Crippen molar-refractivity contribution in [3.05, 3.63) is 11.9 Å². The Labute approximate surface area is 102 Å². The Balaban J connectivity index is 2.65. The van der Waals surface area contributed by atoms with Crippen LogP contribution in [0.3, 0.4) is 0 Å². The molecule has 0 spiro atoms. The molecule has 1 heterocycles. The largest absolute Gasteiger partial charge is 0.330 e. The Morgan fingerprint density at radius 1 is 1.59 bits per heavy atom. The maximum atomic E-state index is 11.9. The lowest BCUT2D eigenvalue weighted by Crippen LogP contribution is -2.30. The van der Waals surface area contributed by atoms with Crippen molar-refractivity contribution < 1.29 is 8.42 Å². The van der Waals surface area contributed by atoms with Gasteiger partial charge in [0.15, 0.2) is 0 Å². The van der Waals surface area contributed by atoms with Crippen molar-refractivity contribution in [3.63, 3.8) is 0 Å². The lowest BCUT2D eigenvalue weighted by atomic mass is 10.0. The molecule has 0 saturated carbocycles. The number of hydrogen-bond acceptors (Lipinski definition) is 4. The number of hydrogen-bond donors (Lipinski definition) is 3. The zero-order valence-corrected chi connectivity index (χ0v) is 11.0. The van der Waals surface area contributed by atoms with Gasteiger partial charge in [-0.2, -0.15) is 5.10 Å². The Morgan fingerprint density at radius 2 is 2.29 bits per heavy atom. The van der Waals surface area contributed by atoms with Gasteiger partial charge >= 0.3 is 0 Å². The molecule has 0 radical (unpaired) electrons. The van der Waals surface area contributed by atoms with Crippen LogP contribution in [0.25, 0.3) is 0 Å². The van der Waals surface area contributed by atoms with Gasteiger partial charge in [-0.05, 0) is 25.8 Å². The Hall–Kier alpha value is -0.920. The maximum Gasteiger partial charge on any atom is 0.243 e. The van der Waals surface area contributed by atoms with E-state index in [0.717, 1.165) is 12.8 Å². The fourth-order valence-corrected chi connectivity index (χ4v) is 2.85. The van der Waals surface area contributed by atoms with Crippen molar-refractivity contribution in [2.75, 3.05) is 13.1 Å². The summed E-state index contributed by atoms with van der Waals surface area (Å²) in [6.45, 7) is 4.70. The molecule has 0 fully saturated rings. The molecule has 1 aromatic heterocycles. The van der Waals surface area contributed by atoms with Gasteiger partial charge in [-0.3, -0.25) is 5.10 Å². The fourth-order valence-electron chi connectivity index (χ4n) is 1.60. The van der Waals surface area contributed by atoms with E-state index in [4.69, 9.17) is 5.73 Å². The van der Waals surface area contributed by atoms with E-state index in [0.29, 0.717) is 18.8 Å². The zero-order valence-electron chi connectivity index (χ0n) is 10.2. The van der Waals surface area contributed by atoms with E-state index in [1.165, 1.54) is 6.20 Å². The molecule has 6 nitrogen and oxygen atoms in total. The first-order valence-electron chi connectivity index (χ1n) is 5.71. The van der Waals surface area contributed by atoms with Gasteiger partial charge in [0.05, 0.1) is 11.9 Å². The van der Waals surface area contributed by atoms with Crippen LogP contribution in [0.5, 0.6) is 0 Å². The van der Waals surface area contributed by atoms with Gasteiger partial charge in [0.25, 0.3) is 0 Å².